The largest absolute Gasteiger partial charge is 0.479 e. The Kier molecular flexibility index (Phi) is 3.71. The molecule has 9 heavy (non-hydrogen) atoms. The molecular formula is C6H10O3. The molecule has 0 bridgehead atoms. The molecule has 1 atom stereocenters. The van der Waals surface area contributed by atoms with Gasteiger partial charge in [0.1, 0.15) is 0 Å². The molecule has 0 radical (unpaired) electrons. The number of ether oxygens (including phenoxy) is 1. The molecule has 0 amide bonds. The summed E-state index contributed by atoms with van der Waals surface area (Å²) in [5, 5.41) is 8.25. The van der Waals surface area contributed by atoms with E-state index in [1.165, 1.54) is 13.0 Å². The molecule has 1 N–H and O–H groups in total. The van der Waals surface area contributed by atoms with Gasteiger partial charge in [-0.1, -0.05) is 6.08 Å². The first-order valence-electron chi connectivity index (χ1n) is 2.63. The van der Waals surface area contributed by atoms with E-state index in [1.807, 2.05) is 0 Å². The molecule has 0 fully saturated rings. The van der Waals surface area contributed by atoms with E-state index in [0.29, 0.717) is 0 Å². The van der Waals surface area contributed by atoms with Gasteiger partial charge in [0.2, 0.25) is 0 Å². The van der Waals surface area contributed by atoms with Gasteiger partial charge in [-0.15, -0.1) is 6.58 Å². The van der Waals surface area contributed by atoms with Crippen molar-refractivity contribution in [3.05, 3.63) is 12.7 Å². The lowest BCUT2D eigenvalue weighted by Crippen LogP contribution is -2.19. The van der Waals surface area contributed by atoms with Crippen molar-refractivity contribution in [2.24, 2.45) is 0 Å². The van der Waals surface area contributed by atoms with Crippen molar-refractivity contribution >= 4 is 5.97 Å². The lowest BCUT2D eigenvalue weighted by atomic mass is 10.4. The van der Waals surface area contributed by atoms with E-state index in [0.717, 1.165) is 0 Å². The van der Waals surface area contributed by atoms with Crippen LogP contribution in [-0.4, -0.2) is 23.8 Å². The van der Waals surface area contributed by atoms with Crippen molar-refractivity contribution in [3.8, 4) is 0 Å². The predicted octanol–water partition coefficient (Wildman–Crippen LogP) is 0.662. The Morgan fingerprint density at radius 2 is 2.56 bits per heavy atom. The van der Waals surface area contributed by atoms with Crippen LogP contribution in [0.2, 0.25) is 0 Å². The van der Waals surface area contributed by atoms with Gasteiger partial charge in [-0.2, -0.15) is 0 Å². The van der Waals surface area contributed by atoms with Gasteiger partial charge in [0.25, 0.3) is 0 Å². The Hall–Kier alpha value is -0.830. The molecule has 0 saturated carbocycles. The maximum Gasteiger partial charge on any atom is 0.332 e. The van der Waals surface area contributed by atoms with E-state index in [2.05, 4.69) is 6.58 Å². The molecule has 3 heteroatoms. The smallest absolute Gasteiger partial charge is 0.332 e. The van der Waals surface area contributed by atoms with Gasteiger partial charge in [-0.05, 0) is 6.92 Å². The van der Waals surface area contributed by atoms with Gasteiger partial charge in [0.05, 0.1) is 6.61 Å². The van der Waals surface area contributed by atoms with Crippen LogP contribution < -0.4 is 0 Å². The molecule has 0 aromatic carbocycles. The molecule has 3 nitrogen and oxygen atoms in total. The Bertz CT molecular complexity index is 109. The van der Waals surface area contributed by atoms with Crippen LogP contribution in [0, 0.1) is 0 Å². The minimum atomic E-state index is -0.947. The molecule has 0 saturated heterocycles. The van der Waals surface area contributed by atoms with Gasteiger partial charge in [0.15, 0.2) is 6.10 Å². The molecule has 52 valence electrons. The summed E-state index contributed by atoms with van der Waals surface area (Å²) < 4.78 is 4.73. The summed E-state index contributed by atoms with van der Waals surface area (Å²) >= 11 is 0. The topological polar surface area (TPSA) is 46.5 Å². The summed E-state index contributed by atoms with van der Waals surface area (Å²) in [4.78, 5) is 10.0. The Morgan fingerprint density at radius 1 is 2.00 bits per heavy atom. The van der Waals surface area contributed by atoms with Crippen molar-refractivity contribution < 1.29 is 14.6 Å². The van der Waals surface area contributed by atoms with Crippen LogP contribution in [-0.2, 0) is 9.53 Å². The molecule has 0 aliphatic carbocycles. The fourth-order valence-electron chi connectivity index (χ4n) is 0.284. The minimum Gasteiger partial charge on any atom is -0.479 e. The predicted molar refractivity (Wildman–Crippen MR) is 33.2 cm³/mol. The second-order valence-corrected chi connectivity index (χ2v) is 1.60. The lowest BCUT2D eigenvalue weighted by molar-refractivity contribution is -0.148. The van der Waals surface area contributed by atoms with Crippen LogP contribution in [0.5, 0.6) is 0 Å². The number of carbonyl (C=O) groups is 1. The fourth-order valence-corrected chi connectivity index (χ4v) is 0.284. The number of aliphatic carboxylic acids is 1. The van der Waals surface area contributed by atoms with Crippen molar-refractivity contribution in [2.45, 2.75) is 13.0 Å². The molecule has 0 aromatic heterocycles. The zero-order chi connectivity index (χ0) is 7.28. The van der Waals surface area contributed by atoms with Gasteiger partial charge in [-0.25, -0.2) is 4.79 Å². The minimum absolute atomic E-state index is 0.285. The second-order valence-electron chi connectivity index (χ2n) is 1.60. The van der Waals surface area contributed by atoms with Gasteiger partial charge < -0.3 is 9.84 Å². The number of rotatable bonds is 4. The first kappa shape index (κ1) is 8.17. The van der Waals surface area contributed by atoms with Gasteiger partial charge >= 0.3 is 5.97 Å². The number of carboxylic acid groups (broad SMARTS) is 1. The van der Waals surface area contributed by atoms with Crippen LogP contribution in [0.4, 0.5) is 0 Å². The normalized spacial score (nSPS) is 12.6. The first-order valence-corrected chi connectivity index (χ1v) is 2.63. The van der Waals surface area contributed by atoms with Crippen LogP contribution in [0.15, 0.2) is 12.7 Å². The quantitative estimate of drug-likeness (QED) is 0.569. The van der Waals surface area contributed by atoms with E-state index in [4.69, 9.17) is 9.84 Å². The summed E-state index contributed by atoms with van der Waals surface area (Å²) in [5.41, 5.74) is 0. The van der Waals surface area contributed by atoms with E-state index >= 15 is 0 Å². The SMILES string of the molecule is C=CCO[C@@H](C)C(=O)O. The highest BCUT2D eigenvalue weighted by molar-refractivity contribution is 5.71. The van der Waals surface area contributed by atoms with Crippen molar-refractivity contribution in [1.82, 2.24) is 0 Å². The summed E-state index contributed by atoms with van der Waals surface area (Å²) in [6, 6.07) is 0. The molecule has 0 spiro atoms. The van der Waals surface area contributed by atoms with Gasteiger partial charge in [-0.3, -0.25) is 0 Å². The highest BCUT2D eigenvalue weighted by Crippen LogP contribution is 1.88. The third kappa shape index (κ3) is 3.73. The van der Waals surface area contributed by atoms with Crippen LogP contribution >= 0.6 is 0 Å². The second kappa shape index (κ2) is 4.09. The van der Waals surface area contributed by atoms with E-state index in [-0.39, 0.29) is 6.61 Å². The monoisotopic (exact) mass is 130 g/mol. The maximum atomic E-state index is 10.0. The van der Waals surface area contributed by atoms with Crippen molar-refractivity contribution in [2.75, 3.05) is 6.61 Å². The summed E-state index contributed by atoms with van der Waals surface area (Å²) in [5.74, 6) is -0.947. The molecular weight excluding hydrogens is 120 g/mol. The fraction of sp³-hybridized carbons (Fsp3) is 0.500. The average molecular weight is 130 g/mol. The Balaban J connectivity index is 3.37. The third-order valence-electron chi connectivity index (χ3n) is 0.812. The molecule has 0 aliphatic heterocycles. The van der Waals surface area contributed by atoms with Gasteiger partial charge in [0, 0.05) is 0 Å². The standard InChI is InChI=1S/C6H10O3/c1-3-4-9-5(2)6(7)8/h3,5H,1,4H2,2H3,(H,7,8)/t5-/m0/s1. The summed E-state index contributed by atoms with van der Waals surface area (Å²) in [6.45, 7) is 5.14. The van der Waals surface area contributed by atoms with E-state index < -0.39 is 12.1 Å². The number of carboxylic acids is 1. The zero-order valence-electron chi connectivity index (χ0n) is 5.33. The van der Waals surface area contributed by atoms with Crippen molar-refractivity contribution in [3.63, 3.8) is 0 Å². The third-order valence-corrected chi connectivity index (χ3v) is 0.812. The molecule has 0 aliphatic rings. The molecule has 0 unspecified atom stereocenters. The van der Waals surface area contributed by atoms with Crippen LogP contribution in [0.1, 0.15) is 6.92 Å². The highest BCUT2D eigenvalue weighted by atomic mass is 16.5. The number of hydrogen-bond acceptors (Lipinski definition) is 2. The summed E-state index contributed by atoms with van der Waals surface area (Å²) in [7, 11) is 0. The Labute approximate surface area is 53.9 Å². The highest BCUT2D eigenvalue weighted by Gasteiger charge is 2.08. The maximum absolute atomic E-state index is 10.0. The zero-order valence-corrected chi connectivity index (χ0v) is 5.33. The molecule has 0 aromatic rings. The van der Waals surface area contributed by atoms with E-state index in [1.54, 1.807) is 0 Å². The Morgan fingerprint density at radius 3 is 2.89 bits per heavy atom. The van der Waals surface area contributed by atoms with Crippen molar-refractivity contribution in [1.29, 1.82) is 0 Å². The number of hydrogen-bond donors (Lipinski definition) is 1. The molecule has 0 heterocycles. The van der Waals surface area contributed by atoms with Crippen LogP contribution in [0.25, 0.3) is 0 Å². The average Bonchev–Trinajstić information content (AvgIpc) is 1.82. The van der Waals surface area contributed by atoms with E-state index in [9.17, 15) is 4.79 Å². The molecule has 0 rings (SSSR count). The first-order chi connectivity index (χ1) is 4.18. The summed E-state index contributed by atoms with van der Waals surface area (Å²) in [6.07, 6.45) is 0.780. The lowest BCUT2D eigenvalue weighted by Gasteiger charge is -2.03. The van der Waals surface area contributed by atoms with Crippen LogP contribution in [0.3, 0.4) is 0 Å².